The fourth-order valence-electron chi connectivity index (χ4n) is 4.84. The molecule has 0 aliphatic heterocycles. The van der Waals surface area contributed by atoms with Crippen LogP contribution in [0.25, 0.3) is 0 Å². The monoisotopic (exact) mass is 528 g/mol. The van der Waals surface area contributed by atoms with E-state index < -0.39 is 24.2 Å². The summed E-state index contributed by atoms with van der Waals surface area (Å²) in [7, 11) is 0. The van der Waals surface area contributed by atoms with E-state index in [1.54, 1.807) is 6.92 Å². The second-order valence-corrected chi connectivity index (χ2v) is 9.58. The average Bonchev–Trinajstić information content (AvgIpc) is 2.96. The van der Waals surface area contributed by atoms with E-state index in [-0.39, 0.29) is 24.8 Å². The summed E-state index contributed by atoms with van der Waals surface area (Å²) < 4.78 is 24.7. The second kappa shape index (κ2) is 14.5. The lowest BCUT2D eigenvalue weighted by atomic mass is 9.78. The normalized spacial score (nSPS) is 20.7. The van der Waals surface area contributed by atoms with Gasteiger partial charge in [0.2, 0.25) is 0 Å². The van der Waals surface area contributed by atoms with Crippen LogP contribution in [0.2, 0.25) is 0 Å². The number of ether oxygens (including phenoxy) is 4. The molecule has 4 atom stereocenters. The number of carbonyl (C=O) groups is 2. The van der Waals surface area contributed by atoms with Crippen LogP contribution in [0.5, 0.6) is 0 Å². The summed E-state index contributed by atoms with van der Waals surface area (Å²) in [6.07, 6.45) is 0.0675. The molecule has 39 heavy (non-hydrogen) atoms. The zero-order chi connectivity index (χ0) is 27.5. The Balaban J connectivity index is 1.68. The molecule has 0 unspecified atom stereocenters. The molecule has 0 heterocycles. The lowest BCUT2D eigenvalue weighted by molar-refractivity contribution is -0.166. The predicted octanol–water partition coefficient (Wildman–Crippen LogP) is 5.84. The highest BCUT2D eigenvalue weighted by atomic mass is 16.6. The van der Waals surface area contributed by atoms with Crippen molar-refractivity contribution in [1.82, 2.24) is 0 Å². The van der Waals surface area contributed by atoms with Gasteiger partial charge in [0, 0.05) is 5.92 Å². The molecule has 6 heteroatoms. The third kappa shape index (κ3) is 8.20. The SMILES string of the molecule is CCOC(=O)C[C@H]1C(C(C)=O)=C[C@H](OCc2ccccc2)[C@@H](OCc2ccccc2)[C@@H]1OCc1ccccc1. The van der Waals surface area contributed by atoms with Crippen molar-refractivity contribution in [2.45, 2.75) is 58.4 Å². The lowest BCUT2D eigenvalue weighted by Crippen LogP contribution is -2.51. The van der Waals surface area contributed by atoms with Crippen LogP contribution in [0, 0.1) is 5.92 Å². The van der Waals surface area contributed by atoms with Gasteiger partial charge in [-0.3, -0.25) is 9.59 Å². The molecule has 204 valence electrons. The first kappa shape index (κ1) is 28.4. The summed E-state index contributed by atoms with van der Waals surface area (Å²) >= 11 is 0. The van der Waals surface area contributed by atoms with Crippen molar-refractivity contribution in [3.05, 3.63) is 119 Å². The van der Waals surface area contributed by atoms with E-state index in [2.05, 4.69) is 0 Å². The molecule has 4 rings (SSSR count). The summed E-state index contributed by atoms with van der Waals surface area (Å²) in [4.78, 5) is 25.6. The number of ketones is 1. The highest BCUT2D eigenvalue weighted by molar-refractivity contribution is 5.95. The first-order chi connectivity index (χ1) is 19.0. The summed E-state index contributed by atoms with van der Waals surface area (Å²) in [6, 6.07) is 29.5. The van der Waals surface area contributed by atoms with Gasteiger partial charge in [-0.25, -0.2) is 0 Å². The molecule has 0 radical (unpaired) electrons. The maximum atomic E-state index is 12.9. The Bertz CT molecular complexity index is 1210. The van der Waals surface area contributed by atoms with Crippen molar-refractivity contribution in [2.75, 3.05) is 6.61 Å². The van der Waals surface area contributed by atoms with Crippen molar-refractivity contribution in [2.24, 2.45) is 5.92 Å². The number of esters is 1. The number of hydrogen-bond acceptors (Lipinski definition) is 6. The number of benzene rings is 3. The minimum Gasteiger partial charge on any atom is -0.466 e. The molecular weight excluding hydrogens is 492 g/mol. The molecule has 0 aromatic heterocycles. The van der Waals surface area contributed by atoms with Crippen molar-refractivity contribution >= 4 is 11.8 Å². The first-order valence-corrected chi connectivity index (χ1v) is 13.4. The Morgan fingerprint density at radius 1 is 0.667 bits per heavy atom. The third-order valence-electron chi connectivity index (χ3n) is 6.74. The van der Waals surface area contributed by atoms with Crippen LogP contribution in [0.1, 0.15) is 37.0 Å². The molecule has 0 bridgehead atoms. The molecule has 6 nitrogen and oxygen atoms in total. The molecule has 3 aromatic carbocycles. The van der Waals surface area contributed by atoms with Gasteiger partial charge in [0.1, 0.15) is 12.2 Å². The number of Topliss-reactive ketones (excluding diaryl/α,β-unsaturated/α-hetero) is 1. The molecule has 0 fully saturated rings. The second-order valence-electron chi connectivity index (χ2n) is 9.58. The summed E-state index contributed by atoms with van der Waals surface area (Å²) in [5.41, 5.74) is 3.49. The van der Waals surface area contributed by atoms with E-state index in [9.17, 15) is 9.59 Å². The van der Waals surface area contributed by atoms with Crippen molar-refractivity contribution in [1.29, 1.82) is 0 Å². The van der Waals surface area contributed by atoms with E-state index in [1.165, 1.54) is 6.92 Å². The number of carbonyl (C=O) groups excluding carboxylic acids is 2. The molecule has 1 aliphatic rings. The van der Waals surface area contributed by atoms with E-state index >= 15 is 0 Å². The fraction of sp³-hybridized carbons (Fsp3) is 0.333. The number of hydrogen-bond donors (Lipinski definition) is 0. The fourth-order valence-corrected chi connectivity index (χ4v) is 4.84. The third-order valence-corrected chi connectivity index (χ3v) is 6.74. The molecule has 0 saturated carbocycles. The van der Waals surface area contributed by atoms with E-state index in [0.29, 0.717) is 25.4 Å². The van der Waals surface area contributed by atoms with Gasteiger partial charge in [-0.1, -0.05) is 91.0 Å². The Kier molecular flexibility index (Phi) is 10.6. The molecule has 0 saturated heterocycles. The standard InChI is InChI=1S/C33H36O6/c1-3-36-31(35)20-29-28(24(2)34)19-30(37-21-25-13-7-4-8-14-25)33(39-23-27-17-11-6-12-18-27)32(29)38-22-26-15-9-5-10-16-26/h4-19,29-30,32-33H,3,20-23H2,1-2H3/t29-,30-,32+,33+/m0/s1. The summed E-state index contributed by atoms with van der Waals surface area (Å²) in [6.45, 7) is 4.51. The largest absolute Gasteiger partial charge is 0.466 e. The zero-order valence-electron chi connectivity index (χ0n) is 22.5. The van der Waals surface area contributed by atoms with Gasteiger partial charge in [0.25, 0.3) is 0 Å². The maximum Gasteiger partial charge on any atom is 0.306 e. The number of rotatable bonds is 13. The predicted molar refractivity (Wildman–Crippen MR) is 149 cm³/mol. The molecular formula is C33H36O6. The smallest absolute Gasteiger partial charge is 0.306 e. The van der Waals surface area contributed by atoms with Crippen molar-refractivity contribution in [3.8, 4) is 0 Å². The Morgan fingerprint density at radius 3 is 1.59 bits per heavy atom. The molecule has 0 N–H and O–H groups in total. The van der Waals surface area contributed by atoms with Crippen LogP contribution in [0.15, 0.2) is 103 Å². The van der Waals surface area contributed by atoms with Gasteiger partial charge < -0.3 is 18.9 Å². The van der Waals surface area contributed by atoms with Crippen LogP contribution in [0.3, 0.4) is 0 Å². The highest BCUT2D eigenvalue weighted by Crippen LogP contribution is 2.36. The van der Waals surface area contributed by atoms with Crippen molar-refractivity contribution < 1.29 is 28.5 Å². The van der Waals surface area contributed by atoms with Crippen LogP contribution < -0.4 is 0 Å². The van der Waals surface area contributed by atoms with Gasteiger partial charge in [0.05, 0.1) is 39.0 Å². The molecule has 1 aliphatic carbocycles. The van der Waals surface area contributed by atoms with Crippen LogP contribution in [0.4, 0.5) is 0 Å². The zero-order valence-corrected chi connectivity index (χ0v) is 22.5. The Labute approximate surface area is 230 Å². The molecule has 0 amide bonds. The first-order valence-electron chi connectivity index (χ1n) is 13.4. The van der Waals surface area contributed by atoms with Gasteiger partial charge in [-0.15, -0.1) is 0 Å². The van der Waals surface area contributed by atoms with Gasteiger partial charge in [0.15, 0.2) is 5.78 Å². The van der Waals surface area contributed by atoms with Crippen LogP contribution in [-0.2, 0) is 48.4 Å². The quantitative estimate of drug-likeness (QED) is 0.260. The summed E-state index contributed by atoms with van der Waals surface area (Å²) in [5, 5.41) is 0. The van der Waals surface area contributed by atoms with E-state index in [4.69, 9.17) is 18.9 Å². The molecule has 3 aromatic rings. The minimum absolute atomic E-state index is 0.00924. The van der Waals surface area contributed by atoms with E-state index in [1.807, 2.05) is 97.1 Å². The summed E-state index contributed by atoms with van der Waals surface area (Å²) in [5.74, 6) is -1.05. The molecule has 0 spiro atoms. The lowest BCUT2D eigenvalue weighted by Gasteiger charge is -2.41. The van der Waals surface area contributed by atoms with Crippen LogP contribution >= 0.6 is 0 Å². The Hall–Kier alpha value is -3.58. The van der Waals surface area contributed by atoms with E-state index in [0.717, 1.165) is 16.7 Å². The van der Waals surface area contributed by atoms with Crippen molar-refractivity contribution in [3.63, 3.8) is 0 Å². The topological polar surface area (TPSA) is 71.1 Å². The minimum atomic E-state index is -0.622. The van der Waals surface area contributed by atoms with Gasteiger partial charge >= 0.3 is 5.97 Å². The maximum absolute atomic E-state index is 12.9. The Morgan fingerprint density at radius 2 is 1.13 bits per heavy atom. The average molecular weight is 529 g/mol. The highest BCUT2D eigenvalue weighted by Gasteiger charge is 2.44. The van der Waals surface area contributed by atoms with Gasteiger partial charge in [-0.05, 0) is 42.2 Å². The van der Waals surface area contributed by atoms with Gasteiger partial charge in [-0.2, -0.15) is 0 Å². The van der Waals surface area contributed by atoms with Crippen LogP contribution in [-0.4, -0.2) is 36.7 Å².